The molecule has 4 rings (SSSR count). The molecule has 1 fully saturated rings. The van der Waals surface area contributed by atoms with Gasteiger partial charge in [0.15, 0.2) is 9.84 Å². The van der Waals surface area contributed by atoms with Crippen LogP contribution in [0.4, 0.5) is 0 Å². The number of phenols is 1. The molecule has 2 N–H and O–H groups in total. The highest BCUT2D eigenvalue weighted by atomic mass is 32.2. The molecular formula is C27H33BO5S. The van der Waals surface area contributed by atoms with E-state index in [2.05, 4.69) is 25.1 Å². The van der Waals surface area contributed by atoms with Gasteiger partial charge < -0.3 is 14.8 Å². The number of aryl methyl sites for hydroxylation is 2. The van der Waals surface area contributed by atoms with Crippen molar-refractivity contribution in [2.75, 3.05) is 5.75 Å². The summed E-state index contributed by atoms with van der Waals surface area (Å²) in [5, 5.41) is 19.9. The topological polar surface area (TPSA) is 83.8 Å². The minimum atomic E-state index is -3.29. The van der Waals surface area contributed by atoms with Crippen molar-refractivity contribution in [1.29, 1.82) is 0 Å². The van der Waals surface area contributed by atoms with E-state index >= 15 is 0 Å². The predicted molar refractivity (Wildman–Crippen MR) is 138 cm³/mol. The Morgan fingerprint density at radius 2 is 1.85 bits per heavy atom. The van der Waals surface area contributed by atoms with E-state index in [1.165, 1.54) is 0 Å². The van der Waals surface area contributed by atoms with Crippen molar-refractivity contribution in [3.8, 4) is 5.75 Å². The van der Waals surface area contributed by atoms with Gasteiger partial charge >= 0.3 is 7.12 Å². The number of rotatable bonds is 7. The zero-order valence-electron chi connectivity index (χ0n) is 20.1. The molecule has 0 unspecified atom stereocenters. The zero-order valence-corrected chi connectivity index (χ0v) is 20.9. The van der Waals surface area contributed by atoms with Crippen molar-refractivity contribution in [3.63, 3.8) is 0 Å². The van der Waals surface area contributed by atoms with Crippen molar-refractivity contribution in [3.05, 3.63) is 75.9 Å². The third-order valence-electron chi connectivity index (χ3n) is 6.87. The van der Waals surface area contributed by atoms with Gasteiger partial charge in [-0.2, -0.15) is 0 Å². The van der Waals surface area contributed by atoms with Gasteiger partial charge in [0.25, 0.3) is 0 Å². The fraction of sp³-hybridized carbons (Fsp3) is 0.407. The number of hydrogen-bond acceptors (Lipinski definition) is 5. The molecule has 2 aliphatic rings. The van der Waals surface area contributed by atoms with Gasteiger partial charge in [-0.05, 0) is 78.6 Å². The quantitative estimate of drug-likeness (QED) is 0.327. The van der Waals surface area contributed by atoms with Crippen LogP contribution < -0.4 is 0 Å². The average Bonchev–Trinajstić information content (AvgIpc) is 3.05. The smallest absolute Gasteiger partial charge is 0.456 e. The molecule has 0 amide bonds. The molecule has 0 aromatic heterocycles. The zero-order chi connectivity index (χ0) is 24.5. The van der Waals surface area contributed by atoms with Gasteiger partial charge in [-0.25, -0.2) is 8.42 Å². The Morgan fingerprint density at radius 3 is 2.50 bits per heavy atom. The van der Waals surface area contributed by atoms with Crippen LogP contribution in [0.2, 0.25) is 6.32 Å². The fourth-order valence-corrected chi connectivity index (χ4v) is 7.47. The maximum absolute atomic E-state index is 12.8. The maximum atomic E-state index is 12.8. The van der Waals surface area contributed by atoms with Crippen LogP contribution in [0.1, 0.15) is 54.9 Å². The van der Waals surface area contributed by atoms with E-state index in [1.807, 2.05) is 44.2 Å². The molecule has 5 nitrogen and oxygen atoms in total. The highest BCUT2D eigenvalue weighted by Gasteiger charge is 2.48. The lowest BCUT2D eigenvalue weighted by Gasteiger charge is -2.32. The van der Waals surface area contributed by atoms with Crippen molar-refractivity contribution >= 4 is 28.6 Å². The fourth-order valence-electron chi connectivity index (χ4n) is 5.31. The van der Waals surface area contributed by atoms with Gasteiger partial charge in [0.2, 0.25) is 0 Å². The van der Waals surface area contributed by atoms with Crippen molar-refractivity contribution in [1.82, 2.24) is 0 Å². The number of sulfone groups is 1. The molecule has 0 aliphatic carbocycles. The Hall–Kier alpha value is -2.35. The molecular weight excluding hydrogens is 447 g/mol. The van der Waals surface area contributed by atoms with Gasteiger partial charge in [0.05, 0.1) is 17.1 Å². The Morgan fingerprint density at radius 1 is 1.18 bits per heavy atom. The molecule has 2 aromatic carbocycles. The molecule has 0 saturated carbocycles. The van der Waals surface area contributed by atoms with Gasteiger partial charge in [-0.15, -0.1) is 0 Å². The molecule has 2 aliphatic heterocycles. The summed E-state index contributed by atoms with van der Waals surface area (Å²) in [6.45, 7) is 5.84. The van der Waals surface area contributed by atoms with Crippen molar-refractivity contribution in [2.45, 2.75) is 64.1 Å². The molecule has 0 radical (unpaired) electrons. The van der Waals surface area contributed by atoms with E-state index < -0.39 is 28.3 Å². The summed E-state index contributed by atoms with van der Waals surface area (Å²) in [6, 6.07) is 14.0. The van der Waals surface area contributed by atoms with E-state index in [0.29, 0.717) is 18.6 Å². The van der Waals surface area contributed by atoms with Crippen molar-refractivity contribution in [2.24, 2.45) is 0 Å². The highest BCUT2D eigenvalue weighted by Crippen LogP contribution is 2.41. The number of allylic oxidation sites excluding steroid dienone is 1. The SMILES string of the molecule is CCCC1=C2[C@@H](CC/C(=C/c3cc(C)c(O)c(C)c3)c3ccccc3)OB(O)C[C@@H]2S(=O)(=O)C1. The summed E-state index contributed by atoms with van der Waals surface area (Å²) in [5.41, 5.74) is 6.69. The molecule has 180 valence electrons. The number of fused-ring (bicyclic) bond motifs is 1. The van der Waals surface area contributed by atoms with Crippen LogP contribution in [0.25, 0.3) is 11.6 Å². The molecule has 0 spiro atoms. The summed E-state index contributed by atoms with van der Waals surface area (Å²) in [5.74, 6) is 0.396. The first-order valence-electron chi connectivity index (χ1n) is 12.0. The molecule has 2 heterocycles. The highest BCUT2D eigenvalue weighted by molar-refractivity contribution is 7.92. The van der Waals surface area contributed by atoms with Crippen LogP contribution in [0.3, 0.4) is 0 Å². The lowest BCUT2D eigenvalue weighted by atomic mass is 9.74. The number of hydrogen-bond donors (Lipinski definition) is 2. The molecule has 2 atom stereocenters. The monoisotopic (exact) mass is 480 g/mol. The number of phenolic OH excluding ortho intramolecular Hbond substituents is 1. The van der Waals surface area contributed by atoms with E-state index in [4.69, 9.17) is 4.65 Å². The summed E-state index contributed by atoms with van der Waals surface area (Å²) >= 11 is 0. The first-order valence-corrected chi connectivity index (χ1v) is 13.7. The second-order valence-corrected chi connectivity index (χ2v) is 11.7. The minimum Gasteiger partial charge on any atom is -0.507 e. The average molecular weight is 480 g/mol. The molecule has 1 saturated heterocycles. The summed E-state index contributed by atoms with van der Waals surface area (Å²) < 4.78 is 31.6. The van der Waals surface area contributed by atoms with Crippen LogP contribution >= 0.6 is 0 Å². The lowest BCUT2D eigenvalue weighted by molar-refractivity contribution is 0.171. The van der Waals surface area contributed by atoms with Crippen LogP contribution in [-0.4, -0.2) is 42.8 Å². The van der Waals surface area contributed by atoms with E-state index in [9.17, 15) is 18.5 Å². The van der Waals surface area contributed by atoms with E-state index in [1.54, 1.807) is 0 Å². The predicted octanol–water partition coefficient (Wildman–Crippen LogP) is 5.10. The molecule has 2 aromatic rings. The van der Waals surface area contributed by atoms with Crippen molar-refractivity contribution < 1.29 is 23.2 Å². The normalized spacial score (nSPS) is 22.2. The first-order chi connectivity index (χ1) is 16.2. The van der Waals surface area contributed by atoms with Crippen LogP contribution in [0.15, 0.2) is 53.6 Å². The van der Waals surface area contributed by atoms with Gasteiger partial charge in [0, 0.05) is 6.32 Å². The molecule has 0 bridgehead atoms. The minimum absolute atomic E-state index is 0.0842. The number of benzene rings is 2. The van der Waals surface area contributed by atoms with E-state index in [0.717, 1.165) is 51.8 Å². The second-order valence-electron chi connectivity index (χ2n) is 9.50. The standard InChI is InChI=1S/C27H33BO5S/c1-4-8-23-17-34(31,32)25-16-28(30)33-24(26(23)25)12-11-22(21-9-6-5-7-10-21)15-20-13-18(2)27(29)19(3)14-20/h5-7,9-10,13-15,24-25,29-30H,4,8,11-12,16-17H2,1-3H3/b22-15-/t24-,25+/m1/s1. The van der Waals surface area contributed by atoms with Gasteiger partial charge in [-0.1, -0.05) is 55.3 Å². The largest absolute Gasteiger partial charge is 0.507 e. The Balaban J connectivity index is 1.67. The first kappa shape index (κ1) is 24.8. The summed E-state index contributed by atoms with van der Waals surface area (Å²) in [7, 11) is -4.36. The molecule has 34 heavy (non-hydrogen) atoms. The number of aromatic hydroxyl groups is 1. The van der Waals surface area contributed by atoms with Crippen LogP contribution in [-0.2, 0) is 14.5 Å². The molecule has 7 heteroatoms. The van der Waals surface area contributed by atoms with Crippen LogP contribution in [0.5, 0.6) is 5.75 Å². The summed E-state index contributed by atoms with van der Waals surface area (Å²) in [4.78, 5) is 0. The maximum Gasteiger partial charge on any atom is 0.456 e. The Bertz CT molecular complexity index is 1190. The van der Waals surface area contributed by atoms with Gasteiger partial charge in [0.1, 0.15) is 5.75 Å². The Labute approximate surface area is 203 Å². The lowest BCUT2D eigenvalue weighted by Crippen LogP contribution is -2.41. The van der Waals surface area contributed by atoms with Crippen LogP contribution in [0, 0.1) is 13.8 Å². The third-order valence-corrected chi connectivity index (χ3v) is 8.94. The second kappa shape index (κ2) is 10.1. The summed E-state index contributed by atoms with van der Waals surface area (Å²) in [6.07, 6.45) is 4.70. The Kier molecular flexibility index (Phi) is 7.36. The third kappa shape index (κ3) is 5.17. The van der Waals surface area contributed by atoms with Gasteiger partial charge in [-0.3, -0.25) is 0 Å². The van der Waals surface area contributed by atoms with E-state index in [-0.39, 0.29) is 12.1 Å².